The van der Waals surface area contributed by atoms with Crippen molar-refractivity contribution in [3.63, 3.8) is 0 Å². The smallest absolute Gasteiger partial charge is 0.387 e. The van der Waals surface area contributed by atoms with Gasteiger partial charge in [-0.3, -0.25) is 14.3 Å². The second-order valence-electron chi connectivity index (χ2n) is 10.7. The van der Waals surface area contributed by atoms with Crippen molar-refractivity contribution in [3.8, 4) is 5.75 Å². The molecule has 1 aliphatic heterocycles. The van der Waals surface area contributed by atoms with E-state index in [4.69, 9.17) is 11.6 Å². The maximum absolute atomic E-state index is 14.0. The number of hydrogen-bond donors (Lipinski definition) is 2. The van der Waals surface area contributed by atoms with Gasteiger partial charge in [-0.05, 0) is 49.8 Å². The molecule has 1 aromatic heterocycles. The number of anilines is 1. The second kappa shape index (κ2) is 11.6. The molecule has 208 valence electrons. The van der Waals surface area contributed by atoms with Crippen LogP contribution >= 0.6 is 11.6 Å². The van der Waals surface area contributed by atoms with Crippen LogP contribution in [0.25, 0.3) is 0 Å². The number of ether oxygens (including phenoxy) is 1. The number of benzene rings is 1. The van der Waals surface area contributed by atoms with E-state index in [0.717, 1.165) is 25.0 Å². The summed E-state index contributed by atoms with van der Waals surface area (Å²) in [6, 6.07) is 6.05. The summed E-state index contributed by atoms with van der Waals surface area (Å²) in [4.78, 5) is 28.4. The number of aliphatic carboxylic acids is 1. The Morgan fingerprint density at radius 3 is 2.42 bits per heavy atom. The molecule has 0 bridgehead atoms. The monoisotopic (exact) mass is 552 g/mol. The van der Waals surface area contributed by atoms with Gasteiger partial charge >= 0.3 is 12.6 Å². The predicted molar refractivity (Wildman–Crippen MR) is 140 cm³/mol. The first-order valence-corrected chi connectivity index (χ1v) is 13.5. The van der Waals surface area contributed by atoms with Crippen molar-refractivity contribution in [2.75, 3.05) is 25.0 Å². The van der Waals surface area contributed by atoms with Crippen LogP contribution in [0.15, 0.2) is 30.5 Å². The lowest BCUT2D eigenvalue weighted by atomic mass is 9.73. The number of carboxylic acids is 1. The van der Waals surface area contributed by atoms with Crippen molar-refractivity contribution in [1.29, 1.82) is 0 Å². The molecule has 0 unspecified atom stereocenters. The first-order valence-electron chi connectivity index (χ1n) is 13.1. The van der Waals surface area contributed by atoms with Gasteiger partial charge in [0, 0.05) is 42.6 Å². The molecule has 1 saturated carbocycles. The Kier molecular flexibility index (Phi) is 8.62. The lowest BCUT2D eigenvalue weighted by Gasteiger charge is -2.45. The van der Waals surface area contributed by atoms with Crippen molar-refractivity contribution in [2.24, 2.45) is 5.41 Å². The minimum atomic E-state index is -3.08. The van der Waals surface area contributed by atoms with Crippen molar-refractivity contribution in [3.05, 3.63) is 41.2 Å². The Bertz CT molecular complexity index is 1140. The number of carboxylic acid groups (broad SMARTS) is 1. The molecule has 11 heteroatoms. The van der Waals surface area contributed by atoms with E-state index in [2.05, 4.69) is 20.1 Å². The molecule has 1 amide bonds. The third-order valence-electron chi connectivity index (χ3n) is 7.97. The number of nitrogens with zero attached hydrogens (tertiary/aromatic N) is 3. The van der Waals surface area contributed by atoms with Gasteiger partial charge in [-0.1, -0.05) is 44.7 Å². The zero-order chi connectivity index (χ0) is 27.5. The number of likely N-dealkylation sites (tertiary alicyclic amines) is 1. The number of piperidine rings is 1. The normalized spacial score (nSPS) is 19.4. The summed E-state index contributed by atoms with van der Waals surface area (Å²) in [6.07, 6.45) is 6.60. The summed E-state index contributed by atoms with van der Waals surface area (Å²) in [7, 11) is 0. The van der Waals surface area contributed by atoms with E-state index in [1.807, 2.05) is 19.9 Å². The van der Waals surface area contributed by atoms with Gasteiger partial charge in [-0.2, -0.15) is 13.9 Å². The molecule has 0 radical (unpaired) electrons. The van der Waals surface area contributed by atoms with Gasteiger partial charge in [0.15, 0.2) is 5.75 Å². The third kappa shape index (κ3) is 5.81. The number of rotatable bonds is 9. The molecule has 0 spiro atoms. The van der Waals surface area contributed by atoms with Gasteiger partial charge in [-0.25, -0.2) is 0 Å². The summed E-state index contributed by atoms with van der Waals surface area (Å²) in [6.45, 7) is 2.39. The second-order valence-corrected chi connectivity index (χ2v) is 11.2. The maximum Gasteiger partial charge on any atom is 0.387 e. The average Bonchev–Trinajstić information content (AvgIpc) is 3.37. The largest absolute Gasteiger partial charge is 0.481 e. The van der Waals surface area contributed by atoms with E-state index < -0.39 is 29.4 Å². The van der Waals surface area contributed by atoms with E-state index >= 15 is 0 Å². The number of halogens is 3. The van der Waals surface area contributed by atoms with Crippen LogP contribution in [0.1, 0.15) is 70.4 Å². The maximum atomic E-state index is 14.0. The summed E-state index contributed by atoms with van der Waals surface area (Å²) in [5.41, 5.74) is -0.889. The highest BCUT2D eigenvalue weighted by Gasteiger charge is 2.48. The van der Waals surface area contributed by atoms with Crippen molar-refractivity contribution >= 4 is 29.2 Å². The molecular weight excluding hydrogens is 518 g/mol. The van der Waals surface area contributed by atoms with Crippen LogP contribution < -0.4 is 10.1 Å². The van der Waals surface area contributed by atoms with Crippen LogP contribution in [0, 0.1) is 5.41 Å². The quantitative estimate of drug-likeness (QED) is 0.412. The fourth-order valence-corrected chi connectivity index (χ4v) is 6.01. The molecule has 4 rings (SSSR count). The Hall–Kier alpha value is -2.72. The van der Waals surface area contributed by atoms with Crippen LogP contribution in [-0.2, 0) is 15.1 Å². The highest BCUT2D eigenvalue weighted by atomic mass is 35.5. The Morgan fingerprint density at radius 2 is 1.82 bits per heavy atom. The number of aromatic nitrogens is 2. The van der Waals surface area contributed by atoms with Crippen LogP contribution in [-0.4, -0.2) is 57.9 Å². The average molecular weight is 553 g/mol. The molecule has 2 fully saturated rings. The van der Waals surface area contributed by atoms with Gasteiger partial charge < -0.3 is 20.1 Å². The number of carbonyl (C=O) groups excluding carboxylic acids is 1. The van der Waals surface area contributed by atoms with Crippen LogP contribution in [0.4, 0.5) is 14.5 Å². The first kappa shape index (κ1) is 28.3. The topological polar surface area (TPSA) is 96.7 Å². The minimum absolute atomic E-state index is 0.0889. The molecule has 2 aliphatic rings. The van der Waals surface area contributed by atoms with Crippen LogP contribution in [0.3, 0.4) is 0 Å². The standard InChI is InChI=1S/C27H35ClF2N4O4/c1-18(2)21-8-13-31-34(21)27(23(35)32-20-7-6-19(28)16-22(20)38-25(29)30)11-14-33(15-12-27)17-26(24(36)37)9-4-3-5-10-26/h6-8,13,16,18,25H,3-5,9-12,14-15,17H2,1-2H3,(H,32,35)(H,36,37). The molecule has 38 heavy (non-hydrogen) atoms. The minimum Gasteiger partial charge on any atom is -0.481 e. The van der Waals surface area contributed by atoms with Crippen molar-refractivity contribution in [2.45, 2.75) is 76.9 Å². The molecule has 2 heterocycles. The van der Waals surface area contributed by atoms with Crippen LogP contribution in [0.5, 0.6) is 5.75 Å². The first-order chi connectivity index (χ1) is 18.1. The van der Waals surface area contributed by atoms with Gasteiger partial charge in [0.05, 0.1) is 11.1 Å². The molecule has 2 N–H and O–H groups in total. The van der Waals surface area contributed by atoms with E-state index in [-0.39, 0.29) is 22.4 Å². The molecular formula is C27H35ClF2N4O4. The third-order valence-corrected chi connectivity index (χ3v) is 8.21. The molecule has 8 nitrogen and oxygen atoms in total. The fourth-order valence-electron chi connectivity index (χ4n) is 5.85. The lowest BCUT2D eigenvalue weighted by Crippen LogP contribution is -2.56. The van der Waals surface area contributed by atoms with Gasteiger partial charge in [0.2, 0.25) is 0 Å². The van der Waals surface area contributed by atoms with Crippen molar-refractivity contribution < 1.29 is 28.2 Å². The lowest BCUT2D eigenvalue weighted by molar-refractivity contribution is -0.153. The number of amides is 1. The highest BCUT2D eigenvalue weighted by Crippen LogP contribution is 2.41. The molecule has 1 aliphatic carbocycles. The zero-order valence-electron chi connectivity index (χ0n) is 21.8. The summed E-state index contributed by atoms with van der Waals surface area (Å²) in [5.74, 6) is -1.28. The van der Waals surface area contributed by atoms with Gasteiger partial charge in [0.25, 0.3) is 5.91 Å². The molecule has 1 aromatic carbocycles. The number of nitrogens with one attached hydrogen (secondary N) is 1. The SMILES string of the molecule is CC(C)c1ccnn1C1(C(=O)Nc2ccc(Cl)cc2OC(F)F)CCN(CC2(C(=O)O)CCCCC2)CC1. The fraction of sp³-hybridized carbons (Fsp3) is 0.593. The van der Waals surface area contributed by atoms with E-state index in [9.17, 15) is 23.5 Å². The van der Waals surface area contributed by atoms with Crippen LogP contribution in [0.2, 0.25) is 5.02 Å². The number of alkyl halides is 2. The van der Waals surface area contributed by atoms with E-state index in [0.29, 0.717) is 45.3 Å². The molecule has 2 aromatic rings. The Labute approximate surface area is 226 Å². The Morgan fingerprint density at radius 1 is 1.13 bits per heavy atom. The molecule has 1 saturated heterocycles. The zero-order valence-corrected chi connectivity index (χ0v) is 22.5. The van der Waals surface area contributed by atoms with E-state index in [1.54, 1.807) is 10.9 Å². The number of hydrogen-bond acceptors (Lipinski definition) is 5. The van der Waals surface area contributed by atoms with Crippen molar-refractivity contribution in [1.82, 2.24) is 14.7 Å². The van der Waals surface area contributed by atoms with Gasteiger partial charge in [-0.15, -0.1) is 0 Å². The highest BCUT2D eigenvalue weighted by molar-refractivity contribution is 6.30. The van der Waals surface area contributed by atoms with E-state index in [1.165, 1.54) is 18.2 Å². The summed E-state index contributed by atoms with van der Waals surface area (Å²) in [5, 5.41) is 17.6. The summed E-state index contributed by atoms with van der Waals surface area (Å²) >= 11 is 5.98. The predicted octanol–water partition coefficient (Wildman–Crippen LogP) is 5.73. The molecule has 0 atom stereocenters. The van der Waals surface area contributed by atoms with Gasteiger partial charge in [0.1, 0.15) is 5.54 Å². The summed E-state index contributed by atoms with van der Waals surface area (Å²) < 4.78 is 32.5. The number of carbonyl (C=O) groups is 2. The Balaban J connectivity index is 1.62.